The van der Waals surface area contributed by atoms with Gasteiger partial charge in [0.05, 0.1) is 19.3 Å². The van der Waals surface area contributed by atoms with Crippen molar-refractivity contribution in [3.8, 4) is 6.07 Å². The Hall–Kier alpha value is -2.63. The molecule has 2 heterocycles. The number of hydrogen-bond acceptors (Lipinski definition) is 6. The van der Waals surface area contributed by atoms with Crippen molar-refractivity contribution in [3.63, 3.8) is 0 Å². The highest BCUT2D eigenvalue weighted by atomic mass is 16.6. The second kappa shape index (κ2) is 10.6. The first-order valence-corrected chi connectivity index (χ1v) is 10.9. The SMILES string of the molecule is CC(C)CC(OC(=O)N1CCOCC1)C(=O)NC1(C#N)CCN(Cc2ccccc2)C1. The number of morpholine rings is 1. The van der Waals surface area contributed by atoms with Gasteiger partial charge in [-0.05, 0) is 24.3 Å². The minimum Gasteiger partial charge on any atom is -0.436 e. The van der Waals surface area contributed by atoms with Crippen LogP contribution in [0.5, 0.6) is 0 Å². The van der Waals surface area contributed by atoms with Crippen LogP contribution in [0.15, 0.2) is 30.3 Å². The van der Waals surface area contributed by atoms with Crippen molar-refractivity contribution in [3.05, 3.63) is 35.9 Å². The van der Waals surface area contributed by atoms with E-state index < -0.39 is 23.6 Å². The van der Waals surface area contributed by atoms with Gasteiger partial charge in [-0.2, -0.15) is 5.26 Å². The van der Waals surface area contributed by atoms with Crippen molar-refractivity contribution in [1.82, 2.24) is 15.1 Å². The number of carbonyl (C=O) groups is 2. The van der Waals surface area contributed by atoms with Gasteiger partial charge in [-0.1, -0.05) is 44.2 Å². The van der Waals surface area contributed by atoms with Crippen LogP contribution in [0.4, 0.5) is 4.79 Å². The first kappa shape index (κ1) is 23.0. The van der Waals surface area contributed by atoms with Gasteiger partial charge in [0.25, 0.3) is 5.91 Å². The Morgan fingerprint density at radius 2 is 1.94 bits per heavy atom. The van der Waals surface area contributed by atoms with E-state index in [2.05, 4.69) is 28.4 Å². The summed E-state index contributed by atoms with van der Waals surface area (Å²) in [5.41, 5.74) is 0.187. The second-order valence-corrected chi connectivity index (χ2v) is 8.73. The predicted molar refractivity (Wildman–Crippen MR) is 115 cm³/mol. The van der Waals surface area contributed by atoms with Crippen molar-refractivity contribution < 1.29 is 19.1 Å². The summed E-state index contributed by atoms with van der Waals surface area (Å²) >= 11 is 0. The Morgan fingerprint density at radius 3 is 2.58 bits per heavy atom. The summed E-state index contributed by atoms with van der Waals surface area (Å²) in [7, 11) is 0. The van der Waals surface area contributed by atoms with E-state index >= 15 is 0 Å². The van der Waals surface area contributed by atoms with Gasteiger partial charge in [0.1, 0.15) is 5.54 Å². The minimum atomic E-state index is -0.980. The van der Waals surface area contributed by atoms with E-state index in [1.807, 2.05) is 32.0 Å². The molecular formula is C23H32N4O4. The van der Waals surface area contributed by atoms with E-state index in [9.17, 15) is 14.9 Å². The first-order chi connectivity index (χ1) is 14.9. The number of nitrogens with one attached hydrogen (secondary N) is 1. The fraction of sp³-hybridized carbons (Fsp3) is 0.609. The molecule has 1 aromatic rings. The lowest BCUT2D eigenvalue weighted by Crippen LogP contribution is -2.54. The second-order valence-electron chi connectivity index (χ2n) is 8.73. The standard InChI is InChI=1S/C23H32N4O4/c1-18(2)14-20(31-22(29)27-10-12-30-13-11-27)21(28)25-23(16-24)8-9-26(17-23)15-19-6-4-3-5-7-19/h3-7,18,20H,8-15,17H2,1-2H3,(H,25,28). The topological polar surface area (TPSA) is 94.9 Å². The molecule has 168 valence electrons. The molecule has 0 aliphatic carbocycles. The largest absolute Gasteiger partial charge is 0.436 e. The summed E-state index contributed by atoms with van der Waals surface area (Å²) in [6, 6.07) is 12.4. The maximum Gasteiger partial charge on any atom is 0.410 e. The minimum absolute atomic E-state index is 0.157. The molecule has 0 bridgehead atoms. The van der Waals surface area contributed by atoms with Crippen LogP contribution in [0.1, 0.15) is 32.3 Å². The van der Waals surface area contributed by atoms with E-state index in [0.29, 0.717) is 52.2 Å². The molecule has 1 N–H and O–H groups in total. The molecule has 31 heavy (non-hydrogen) atoms. The van der Waals surface area contributed by atoms with Crippen molar-refractivity contribution in [2.24, 2.45) is 5.92 Å². The van der Waals surface area contributed by atoms with Crippen LogP contribution in [0.25, 0.3) is 0 Å². The van der Waals surface area contributed by atoms with E-state index in [1.54, 1.807) is 4.90 Å². The lowest BCUT2D eigenvalue weighted by atomic mass is 9.98. The molecule has 2 amide bonds. The summed E-state index contributed by atoms with van der Waals surface area (Å²) < 4.78 is 10.8. The normalized spacial score (nSPS) is 22.7. The molecule has 2 aliphatic rings. The Kier molecular flexibility index (Phi) is 7.88. The highest BCUT2D eigenvalue weighted by Crippen LogP contribution is 2.24. The van der Waals surface area contributed by atoms with Gasteiger partial charge in [0.15, 0.2) is 6.10 Å². The Bertz CT molecular complexity index is 789. The number of hydrogen-bond donors (Lipinski definition) is 1. The zero-order valence-electron chi connectivity index (χ0n) is 18.4. The average molecular weight is 429 g/mol. The van der Waals surface area contributed by atoms with Crippen LogP contribution in [-0.2, 0) is 20.8 Å². The van der Waals surface area contributed by atoms with Crippen LogP contribution in [0, 0.1) is 17.2 Å². The molecule has 8 heteroatoms. The van der Waals surface area contributed by atoms with Crippen LogP contribution < -0.4 is 5.32 Å². The fourth-order valence-corrected chi connectivity index (χ4v) is 3.98. The number of ether oxygens (including phenoxy) is 2. The number of rotatable bonds is 7. The number of likely N-dealkylation sites (tertiary alicyclic amines) is 1. The first-order valence-electron chi connectivity index (χ1n) is 10.9. The van der Waals surface area contributed by atoms with Gasteiger partial charge in [-0.3, -0.25) is 9.69 Å². The Labute approximate surface area is 184 Å². The summed E-state index contributed by atoms with van der Waals surface area (Å²) in [6.07, 6.45) is -0.499. The molecule has 2 unspecified atom stereocenters. The molecular weight excluding hydrogens is 396 g/mol. The monoisotopic (exact) mass is 428 g/mol. The van der Waals surface area contributed by atoms with Crippen LogP contribution in [0.3, 0.4) is 0 Å². The van der Waals surface area contributed by atoms with Crippen molar-refractivity contribution in [2.75, 3.05) is 39.4 Å². The third-order valence-electron chi connectivity index (χ3n) is 5.66. The third kappa shape index (κ3) is 6.42. The van der Waals surface area contributed by atoms with Crippen molar-refractivity contribution in [1.29, 1.82) is 5.26 Å². The fourth-order valence-electron chi connectivity index (χ4n) is 3.98. The number of carbonyl (C=O) groups excluding carboxylic acids is 2. The highest BCUT2D eigenvalue weighted by Gasteiger charge is 2.41. The molecule has 2 atom stereocenters. The zero-order chi connectivity index (χ0) is 22.3. The molecule has 0 radical (unpaired) electrons. The van der Waals surface area contributed by atoms with Gasteiger partial charge >= 0.3 is 6.09 Å². The molecule has 0 aromatic heterocycles. The van der Waals surface area contributed by atoms with Gasteiger partial charge in [-0.25, -0.2) is 4.79 Å². The Morgan fingerprint density at radius 1 is 1.23 bits per heavy atom. The van der Waals surface area contributed by atoms with E-state index in [0.717, 1.165) is 6.54 Å². The van der Waals surface area contributed by atoms with Gasteiger partial charge in [0.2, 0.25) is 0 Å². The van der Waals surface area contributed by atoms with Gasteiger partial charge in [-0.15, -0.1) is 0 Å². The summed E-state index contributed by atoms with van der Waals surface area (Å²) in [6.45, 7) is 7.65. The Balaban J connectivity index is 1.62. The number of benzene rings is 1. The molecule has 3 rings (SSSR count). The van der Waals surface area contributed by atoms with Crippen molar-refractivity contribution in [2.45, 2.75) is 44.9 Å². The van der Waals surface area contributed by atoms with E-state index in [4.69, 9.17) is 9.47 Å². The number of nitrogens with zero attached hydrogens (tertiary/aromatic N) is 3. The average Bonchev–Trinajstić information content (AvgIpc) is 3.17. The third-order valence-corrected chi connectivity index (χ3v) is 5.66. The molecule has 2 saturated heterocycles. The molecule has 1 aromatic carbocycles. The maximum absolute atomic E-state index is 13.1. The van der Waals surface area contributed by atoms with Crippen LogP contribution in [0.2, 0.25) is 0 Å². The quantitative estimate of drug-likeness (QED) is 0.715. The summed E-state index contributed by atoms with van der Waals surface area (Å²) in [5.74, 6) is -0.247. The van der Waals surface area contributed by atoms with Crippen LogP contribution >= 0.6 is 0 Å². The predicted octanol–water partition coefficient (Wildman–Crippen LogP) is 2.15. The molecule has 8 nitrogen and oxygen atoms in total. The summed E-state index contributed by atoms with van der Waals surface area (Å²) in [5, 5.41) is 12.8. The maximum atomic E-state index is 13.1. The molecule has 0 spiro atoms. The van der Waals surface area contributed by atoms with Crippen molar-refractivity contribution >= 4 is 12.0 Å². The molecule has 2 fully saturated rings. The van der Waals surface area contributed by atoms with E-state index in [-0.39, 0.29) is 5.92 Å². The smallest absolute Gasteiger partial charge is 0.410 e. The van der Waals surface area contributed by atoms with Gasteiger partial charge in [0, 0.05) is 32.7 Å². The lowest BCUT2D eigenvalue weighted by Gasteiger charge is -2.30. The zero-order valence-corrected chi connectivity index (χ0v) is 18.4. The number of amides is 2. The molecule has 2 aliphatic heterocycles. The lowest BCUT2D eigenvalue weighted by molar-refractivity contribution is -0.132. The number of nitriles is 1. The molecule has 0 saturated carbocycles. The van der Waals surface area contributed by atoms with E-state index in [1.165, 1.54) is 5.56 Å². The van der Waals surface area contributed by atoms with Crippen LogP contribution in [-0.4, -0.2) is 72.8 Å². The summed E-state index contributed by atoms with van der Waals surface area (Å²) in [4.78, 5) is 29.3. The highest BCUT2D eigenvalue weighted by molar-refractivity contribution is 5.84. The van der Waals surface area contributed by atoms with Gasteiger partial charge < -0.3 is 19.7 Å².